The van der Waals surface area contributed by atoms with Crippen molar-refractivity contribution in [2.24, 2.45) is 0 Å². The van der Waals surface area contributed by atoms with Crippen LogP contribution in [0.1, 0.15) is 0 Å². The molecule has 3 nitrogen and oxygen atoms in total. The smallest absolute Gasteiger partial charge is 0.137 e. The number of para-hydroxylation sites is 1. The quantitative estimate of drug-likeness (QED) is 0.204. The first-order valence-electron chi connectivity index (χ1n) is 15.4. The fourth-order valence-electron chi connectivity index (χ4n) is 6.57. The van der Waals surface area contributed by atoms with Crippen LogP contribution in [0, 0.1) is 0 Å². The summed E-state index contributed by atoms with van der Waals surface area (Å²) >= 11 is 1.84. The molecule has 0 aliphatic rings. The Hall–Kier alpha value is -5.84. The van der Waals surface area contributed by atoms with Gasteiger partial charge in [-0.2, -0.15) is 0 Å². The van der Waals surface area contributed by atoms with Crippen molar-refractivity contribution in [3.63, 3.8) is 0 Å². The van der Waals surface area contributed by atoms with Crippen LogP contribution in [-0.4, -0.2) is 0 Å². The third-order valence-corrected chi connectivity index (χ3v) is 9.74. The Morgan fingerprint density at radius 2 is 1.13 bits per heavy atom. The molecule has 4 heteroatoms. The normalized spacial score (nSPS) is 11.5. The minimum absolute atomic E-state index is 0.859. The molecule has 0 spiro atoms. The maximum Gasteiger partial charge on any atom is 0.137 e. The van der Waals surface area contributed by atoms with Gasteiger partial charge in [0.15, 0.2) is 0 Å². The van der Waals surface area contributed by atoms with Gasteiger partial charge >= 0.3 is 0 Å². The highest BCUT2D eigenvalue weighted by atomic mass is 32.1. The van der Waals surface area contributed by atoms with Gasteiger partial charge in [-0.3, -0.25) is 0 Å². The maximum atomic E-state index is 6.49. The Kier molecular flexibility index (Phi) is 6.32. The molecule has 0 saturated heterocycles. The van der Waals surface area contributed by atoms with E-state index in [2.05, 4.69) is 168 Å². The topological polar surface area (TPSA) is 28.4 Å². The number of hydrogen-bond donors (Lipinski definition) is 1. The molecule has 2 aromatic heterocycles. The minimum atomic E-state index is 0.859. The first kappa shape index (κ1) is 26.6. The highest BCUT2D eigenvalue weighted by Gasteiger charge is 2.22. The molecule has 7 aromatic carbocycles. The number of hydrogen-bond acceptors (Lipinski definition) is 4. The van der Waals surface area contributed by atoms with Crippen molar-refractivity contribution in [3.8, 4) is 11.1 Å². The number of nitrogens with one attached hydrogen (secondary N) is 1. The van der Waals surface area contributed by atoms with E-state index in [0.29, 0.717) is 0 Å². The molecule has 0 saturated carbocycles. The van der Waals surface area contributed by atoms with Gasteiger partial charge in [0.1, 0.15) is 11.2 Å². The number of benzene rings is 7. The number of furan rings is 1. The van der Waals surface area contributed by atoms with E-state index in [4.69, 9.17) is 4.42 Å². The second-order valence-electron chi connectivity index (χ2n) is 11.5. The van der Waals surface area contributed by atoms with Crippen LogP contribution in [-0.2, 0) is 0 Å². The second-order valence-corrected chi connectivity index (χ2v) is 12.5. The highest BCUT2D eigenvalue weighted by Crippen LogP contribution is 2.48. The van der Waals surface area contributed by atoms with Crippen LogP contribution >= 0.6 is 11.3 Å². The molecule has 9 rings (SSSR count). The van der Waals surface area contributed by atoms with Crippen LogP contribution in [0.4, 0.5) is 28.4 Å². The van der Waals surface area contributed by atoms with Crippen molar-refractivity contribution >= 4 is 81.9 Å². The Bertz CT molecular complexity index is 2510. The Morgan fingerprint density at radius 3 is 2.00 bits per heavy atom. The standard InChI is InChI=1S/C42H28N2OS/c1-3-12-28(13-4-1)29-14-9-15-30(26-29)43-31-24-25-37-34(27-31)41-35(19-10-21-38(41)45-37)44(32-16-5-2-6-17-32)36-20-11-23-40-42(36)33-18-7-8-22-39(33)46-40/h1-27,43H. The van der Waals surface area contributed by atoms with Crippen molar-refractivity contribution in [3.05, 3.63) is 164 Å². The van der Waals surface area contributed by atoms with Crippen LogP contribution in [0.5, 0.6) is 0 Å². The predicted molar refractivity (Wildman–Crippen MR) is 196 cm³/mol. The number of thiophene rings is 1. The molecular weight excluding hydrogens is 581 g/mol. The van der Waals surface area contributed by atoms with E-state index in [0.717, 1.165) is 50.4 Å². The second kappa shape index (κ2) is 11.0. The van der Waals surface area contributed by atoms with Crippen LogP contribution in [0.2, 0.25) is 0 Å². The van der Waals surface area contributed by atoms with Gasteiger partial charge in [0, 0.05) is 42.6 Å². The van der Waals surface area contributed by atoms with Crippen LogP contribution < -0.4 is 10.2 Å². The molecule has 9 aromatic rings. The fourth-order valence-corrected chi connectivity index (χ4v) is 7.70. The third-order valence-electron chi connectivity index (χ3n) is 8.61. The summed E-state index contributed by atoms with van der Waals surface area (Å²) in [6, 6.07) is 57.8. The van der Waals surface area contributed by atoms with E-state index < -0.39 is 0 Å². The summed E-state index contributed by atoms with van der Waals surface area (Å²) in [6.45, 7) is 0. The van der Waals surface area contributed by atoms with Crippen LogP contribution in [0.3, 0.4) is 0 Å². The molecule has 0 unspecified atom stereocenters. The molecule has 1 N–H and O–H groups in total. The van der Waals surface area contributed by atoms with E-state index >= 15 is 0 Å². The molecule has 0 radical (unpaired) electrons. The Morgan fingerprint density at radius 1 is 0.457 bits per heavy atom. The van der Waals surface area contributed by atoms with E-state index in [1.54, 1.807) is 0 Å². The molecule has 0 fully saturated rings. The molecule has 0 bridgehead atoms. The molecule has 218 valence electrons. The lowest BCUT2D eigenvalue weighted by atomic mass is 10.0. The fraction of sp³-hybridized carbons (Fsp3) is 0. The zero-order valence-corrected chi connectivity index (χ0v) is 25.7. The van der Waals surface area contributed by atoms with E-state index in [1.165, 1.54) is 31.3 Å². The van der Waals surface area contributed by atoms with Gasteiger partial charge < -0.3 is 14.6 Å². The maximum absolute atomic E-state index is 6.49. The summed E-state index contributed by atoms with van der Waals surface area (Å²) in [5.74, 6) is 0. The molecule has 46 heavy (non-hydrogen) atoms. The third kappa shape index (κ3) is 4.50. The van der Waals surface area contributed by atoms with Crippen LogP contribution in [0.15, 0.2) is 168 Å². The number of anilines is 5. The average Bonchev–Trinajstić information content (AvgIpc) is 3.68. The van der Waals surface area contributed by atoms with E-state index in [9.17, 15) is 0 Å². The first-order chi connectivity index (χ1) is 22.8. The van der Waals surface area contributed by atoms with E-state index in [-0.39, 0.29) is 0 Å². The van der Waals surface area contributed by atoms with Gasteiger partial charge in [0.25, 0.3) is 0 Å². The zero-order chi connectivity index (χ0) is 30.5. The first-order valence-corrected chi connectivity index (χ1v) is 16.2. The van der Waals surface area contributed by atoms with Crippen LogP contribution in [0.25, 0.3) is 53.2 Å². The van der Waals surface area contributed by atoms with E-state index in [1.807, 2.05) is 17.4 Å². The summed E-state index contributed by atoms with van der Waals surface area (Å²) in [4.78, 5) is 2.39. The summed E-state index contributed by atoms with van der Waals surface area (Å²) in [7, 11) is 0. The van der Waals surface area contributed by atoms with Crippen molar-refractivity contribution in [1.29, 1.82) is 0 Å². The number of fused-ring (bicyclic) bond motifs is 6. The van der Waals surface area contributed by atoms with Gasteiger partial charge in [-0.1, -0.05) is 91.0 Å². The lowest BCUT2D eigenvalue weighted by Gasteiger charge is -2.27. The lowest BCUT2D eigenvalue weighted by molar-refractivity contribution is 0.669. The minimum Gasteiger partial charge on any atom is -0.456 e. The summed E-state index contributed by atoms with van der Waals surface area (Å²) in [6.07, 6.45) is 0. The Balaban J connectivity index is 1.23. The highest BCUT2D eigenvalue weighted by molar-refractivity contribution is 7.26. The van der Waals surface area contributed by atoms with Gasteiger partial charge in [-0.05, 0) is 83.9 Å². The van der Waals surface area contributed by atoms with Gasteiger partial charge in [-0.15, -0.1) is 11.3 Å². The Labute approximate surface area is 270 Å². The molecule has 0 atom stereocenters. The zero-order valence-electron chi connectivity index (χ0n) is 24.9. The van der Waals surface area contributed by atoms with Gasteiger partial charge in [0.2, 0.25) is 0 Å². The number of rotatable bonds is 6. The van der Waals surface area contributed by atoms with Gasteiger partial charge in [-0.25, -0.2) is 0 Å². The molecule has 0 amide bonds. The van der Waals surface area contributed by atoms with Gasteiger partial charge in [0.05, 0.1) is 16.8 Å². The molecular formula is C42H28N2OS. The predicted octanol–water partition coefficient (Wildman–Crippen LogP) is 12.8. The van der Waals surface area contributed by atoms with Crippen molar-refractivity contribution < 1.29 is 4.42 Å². The summed E-state index contributed by atoms with van der Waals surface area (Å²) < 4.78 is 9.05. The van der Waals surface area contributed by atoms with Crippen molar-refractivity contribution in [2.45, 2.75) is 0 Å². The molecule has 0 aliphatic carbocycles. The number of nitrogens with zero attached hydrogens (tertiary/aromatic N) is 1. The average molecular weight is 609 g/mol. The lowest BCUT2D eigenvalue weighted by Crippen LogP contribution is -2.10. The summed E-state index contributed by atoms with van der Waals surface area (Å²) in [5, 5.41) is 8.34. The monoisotopic (exact) mass is 608 g/mol. The molecule has 0 aliphatic heterocycles. The molecule has 2 heterocycles. The van der Waals surface area contributed by atoms with Crippen molar-refractivity contribution in [2.75, 3.05) is 10.2 Å². The largest absolute Gasteiger partial charge is 0.456 e. The summed E-state index contributed by atoms with van der Waals surface area (Å²) in [5.41, 5.74) is 9.46. The van der Waals surface area contributed by atoms with Crippen molar-refractivity contribution in [1.82, 2.24) is 0 Å². The SMILES string of the molecule is c1ccc(-c2cccc(Nc3ccc4oc5cccc(N(c6ccccc6)c6cccc7sc8ccccc8c67)c5c4c3)c2)cc1.